The Balaban J connectivity index is 2.61. The Morgan fingerprint density at radius 2 is 1.69 bits per heavy atom. The summed E-state index contributed by atoms with van der Waals surface area (Å²) >= 11 is 0. The molecule has 0 atom stereocenters. The van der Waals surface area contributed by atoms with Gasteiger partial charge < -0.3 is 10.2 Å². The molecule has 0 unspecified atom stereocenters. The van der Waals surface area contributed by atoms with Gasteiger partial charge in [0, 0.05) is 5.69 Å². The molecule has 3 rings (SSSR count). The minimum Gasteiger partial charge on any atom is -0.456 e. The molecular formula is C13H9NO2. The summed E-state index contributed by atoms with van der Waals surface area (Å²) < 4.78 is 5.63. The van der Waals surface area contributed by atoms with Crippen molar-refractivity contribution in [2.75, 3.05) is 5.73 Å². The highest BCUT2D eigenvalue weighted by Crippen LogP contribution is 2.19. The lowest BCUT2D eigenvalue weighted by Gasteiger charge is -2.01. The van der Waals surface area contributed by atoms with Crippen molar-refractivity contribution in [1.29, 1.82) is 0 Å². The molecule has 78 valence electrons. The number of rotatable bonds is 0. The zero-order valence-corrected chi connectivity index (χ0v) is 8.44. The van der Waals surface area contributed by atoms with Crippen molar-refractivity contribution in [1.82, 2.24) is 0 Å². The molecule has 16 heavy (non-hydrogen) atoms. The summed E-state index contributed by atoms with van der Waals surface area (Å²) in [5.41, 5.74) is 7.35. The van der Waals surface area contributed by atoms with Crippen LogP contribution in [0.15, 0.2) is 51.7 Å². The third-order valence-electron chi connectivity index (χ3n) is 2.60. The number of anilines is 1. The summed E-state index contributed by atoms with van der Waals surface area (Å²) in [5, 5.41) is 1.11. The van der Waals surface area contributed by atoms with Crippen LogP contribution in [0.3, 0.4) is 0 Å². The van der Waals surface area contributed by atoms with Crippen LogP contribution in [0.2, 0.25) is 0 Å². The molecule has 3 aromatic rings. The molecule has 1 heterocycles. The van der Waals surface area contributed by atoms with Gasteiger partial charge in [0.05, 0.1) is 10.8 Å². The lowest BCUT2D eigenvalue weighted by atomic mass is 10.1. The zero-order valence-electron chi connectivity index (χ0n) is 8.44. The maximum Gasteiger partial charge on any atom is 0.200 e. The molecule has 0 aliphatic heterocycles. The Labute approximate surface area is 91.1 Å². The number of benzene rings is 2. The summed E-state index contributed by atoms with van der Waals surface area (Å²) in [6.45, 7) is 0. The fraction of sp³-hybridized carbons (Fsp3) is 0. The summed E-state index contributed by atoms with van der Waals surface area (Å²) in [6.07, 6.45) is 0. The van der Waals surface area contributed by atoms with Crippen LogP contribution in [0.1, 0.15) is 0 Å². The van der Waals surface area contributed by atoms with Gasteiger partial charge in [0.2, 0.25) is 5.43 Å². The van der Waals surface area contributed by atoms with Gasteiger partial charge in [-0.2, -0.15) is 0 Å². The van der Waals surface area contributed by atoms with E-state index in [9.17, 15) is 4.79 Å². The Hall–Kier alpha value is -2.29. The van der Waals surface area contributed by atoms with Gasteiger partial charge in [0.25, 0.3) is 0 Å². The third kappa shape index (κ3) is 1.18. The van der Waals surface area contributed by atoms with Gasteiger partial charge in [-0.05, 0) is 30.3 Å². The minimum atomic E-state index is -0.0378. The smallest absolute Gasteiger partial charge is 0.200 e. The molecule has 0 amide bonds. The number of hydrogen-bond acceptors (Lipinski definition) is 3. The monoisotopic (exact) mass is 211 g/mol. The van der Waals surface area contributed by atoms with E-state index in [2.05, 4.69) is 0 Å². The standard InChI is InChI=1S/C13H9NO2/c14-8-5-6-12-10(7-8)13(15)9-3-1-2-4-11(9)16-12/h1-7H,14H2. The normalized spacial score (nSPS) is 11.0. The van der Waals surface area contributed by atoms with Gasteiger partial charge in [-0.15, -0.1) is 0 Å². The van der Waals surface area contributed by atoms with E-state index in [1.54, 1.807) is 30.3 Å². The van der Waals surface area contributed by atoms with Gasteiger partial charge >= 0.3 is 0 Å². The van der Waals surface area contributed by atoms with Gasteiger partial charge in [-0.1, -0.05) is 12.1 Å². The first-order valence-corrected chi connectivity index (χ1v) is 4.97. The van der Waals surface area contributed by atoms with E-state index in [-0.39, 0.29) is 5.43 Å². The van der Waals surface area contributed by atoms with E-state index in [4.69, 9.17) is 10.2 Å². The topological polar surface area (TPSA) is 56.2 Å². The molecule has 0 aliphatic rings. The summed E-state index contributed by atoms with van der Waals surface area (Å²) in [4.78, 5) is 12.1. The Morgan fingerprint density at radius 3 is 2.56 bits per heavy atom. The van der Waals surface area contributed by atoms with E-state index in [0.29, 0.717) is 27.6 Å². The highest BCUT2D eigenvalue weighted by Gasteiger charge is 2.06. The molecule has 0 saturated heterocycles. The van der Waals surface area contributed by atoms with Gasteiger partial charge in [0.1, 0.15) is 11.2 Å². The van der Waals surface area contributed by atoms with E-state index in [1.807, 2.05) is 12.1 Å². The fourth-order valence-corrected chi connectivity index (χ4v) is 1.82. The predicted octanol–water partition coefficient (Wildman–Crippen LogP) is 2.53. The first-order valence-electron chi connectivity index (χ1n) is 4.97. The fourth-order valence-electron chi connectivity index (χ4n) is 1.82. The second-order valence-corrected chi connectivity index (χ2v) is 3.68. The largest absolute Gasteiger partial charge is 0.456 e. The molecule has 3 nitrogen and oxygen atoms in total. The molecule has 0 fully saturated rings. The number of hydrogen-bond donors (Lipinski definition) is 1. The SMILES string of the molecule is Nc1ccc2oc3ccccc3c(=O)c2c1. The van der Waals surface area contributed by atoms with Crippen molar-refractivity contribution < 1.29 is 4.42 Å². The highest BCUT2D eigenvalue weighted by molar-refractivity contribution is 5.90. The van der Waals surface area contributed by atoms with Crippen LogP contribution in [0.5, 0.6) is 0 Å². The van der Waals surface area contributed by atoms with Crippen molar-refractivity contribution in [2.24, 2.45) is 0 Å². The molecule has 2 aromatic carbocycles. The molecule has 0 bridgehead atoms. The van der Waals surface area contributed by atoms with Crippen LogP contribution in [-0.4, -0.2) is 0 Å². The molecule has 2 N–H and O–H groups in total. The van der Waals surface area contributed by atoms with Crippen molar-refractivity contribution in [3.05, 3.63) is 52.7 Å². The summed E-state index contributed by atoms with van der Waals surface area (Å²) in [5.74, 6) is 0. The summed E-state index contributed by atoms with van der Waals surface area (Å²) in [6, 6.07) is 12.3. The second-order valence-electron chi connectivity index (χ2n) is 3.68. The van der Waals surface area contributed by atoms with Crippen LogP contribution >= 0.6 is 0 Å². The molecule has 0 spiro atoms. The first-order chi connectivity index (χ1) is 7.75. The maximum atomic E-state index is 12.1. The van der Waals surface area contributed by atoms with E-state index in [1.165, 1.54) is 0 Å². The molecule has 1 aromatic heterocycles. The predicted molar refractivity (Wildman–Crippen MR) is 64.4 cm³/mol. The molecule has 0 aliphatic carbocycles. The zero-order chi connectivity index (χ0) is 11.1. The van der Waals surface area contributed by atoms with Crippen molar-refractivity contribution in [2.45, 2.75) is 0 Å². The average Bonchev–Trinajstić information content (AvgIpc) is 2.31. The van der Waals surface area contributed by atoms with Crippen LogP contribution in [0.25, 0.3) is 21.9 Å². The Morgan fingerprint density at radius 1 is 0.938 bits per heavy atom. The van der Waals surface area contributed by atoms with Crippen molar-refractivity contribution in [3.8, 4) is 0 Å². The maximum absolute atomic E-state index is 12.1. The van der Waals surface area contributed by atoms with Gasteiger partial charge in [-0.25, -0.2) is 0 Å². The van der Waals surface area contributed by atoms with Crippen LogP contribution in [-0.2, 0) is 0 Å². The van der Waals surface area contributed by atoms with Crippen LogP contribution in [0, 0.1) is 0 Å². The third-order valence-corrected chi connectivity index (χ3v) is 2.60. The highest BCUT2D eigenvalue weighted by atomic mass is 16.3. The Kier molecular flexibility index (Phi) is 1.74. The lowest BCUT2D eigenvalue weighted by Crippen LogP contribution is -2.02. The summed E-state index contributed by atoms with van der Waals surface area (Å²) in [7, 11) is 0. The van der Waals surface area contributed by atoms with Crippen molar-refractivity contribution >= 4 is 27.6 Å². The van der Waals surface area contributed by atoms with E-state index < -0.39 is 0 Å². The quantitative estimate of drug-likeness (QED) is 0.459. The van der Waals surface area contributed by atoms with E-state index in [0.717, 1.165) is 0 Å². The number of fused-ring (bicyclic) bond motifs is 2. The minimum absolute atomic E-state index is 0.0378. The van der Waals surface area contributed by atoms with Crippen molar-refractivity contribution in [3.63, 3.8) is 0 Å². The molecular weight excluding hydrogens is 202 g/mol. The molecule has 0 saturated carbocycles. The van der Waals surface area contributed by atoms with E-state index >= 15 is 0 Å². The Bertz CT molecular complexity index is 744. The second kappa shape index (κ2) is 3.10. The lowest BCUT2D eigenvalue weighted by molar-refractivity contribution is 0.660. The average molecular weight is 211 g/mol. The number of nitrogens with two attached hydrogens (primary N) is 1. The molecule has 0 radical (unpaired) electrons. The first kappa shape index (κ1) is 8.97. The van der Waals surface area contributed by atoms with Gasteiger partial charge in [-0.3, -0.25) is 4.79 Å². The number of para-hydroxylation sites is 1. The van der Waals surface area contributed by atoms with Crippen LogP contribution in [0.4, 0.5) is 5.69 Å². The number of nitrogen functional groups attached to an aromatic ring is 1. The molecule has 3 heteroatoms. The van der Waals surface area contributed by atoms with Gasteiger partial charge in [0.15, 0.2) is 0 Å². The van der Waals surface area contributed by atoms with Crippen LogP contribution < -0.4 is 11.2 Å².